The zero-order valence-electron chi connectivity index (χ0n) is 10.2. The van der Waals surface area contributed by atoms with Gasteiger partial charge < -0.3 is 14.8 Å². The van der Waals surface area contributed by atoms with Gasteiger partial charge in [0, 0.05) is 12.1 Å². The second-order valence-corrected chi connectivity index (χ2v) is 4.44. The van der Waals surface area contributed by atoms with Gasteiger partial charge in [-0.2, -0.15) is 0 Å². The van der Waals surface area contributed by atoms with Crippen molar-refractivity contribution in [3.8, 4) is 11.5 Å². The maximum absolute atomic E-state index is 11.7. The maximum atomic E-state index is 11.7. The topological polar surface area (TPSA) is 47.6 Å². The van der Waals surface area contributed by atoms with Crippen LogP contribution in [0.2, 0.25) is 0 Å². The number of methoxy groups -OCH3 is 1. The van der Waals surface area contributed by atoms with Crippen molar-refractivity contribution in [2.75, 3.05) is 20.3 Å². The molecule has 94 valence electrons. The number of carbonyl (C=O) groups is 1. The molecule has 0 aromatic heterocycles. The first-order valence-corrected chi connectivity index (χ1v) is 6.50. The summed E-state index contributed by atoms with van der Waals surface area (Å²) in [7, 11) is 1.59. The summed E-state index contributed by atoms with van der Waals surface area (Å²) in [6.07, 6.45) is 0. The summed E-state index contributed by atoms with van der Waals surface area (Å²) < 4.78 is 11.6. The highest BCUT2D eigenvalue weighted by atomic mass is 127. The fourth-order valence-corrected chi connectivity index (χ4v) is 2.24. The van der Waals surface area contributed by atoms with E-state index < -0.39 is 0 Å². The normalized spacial score (nSPS) is 9.88. The molecule has 4 nitrogen and oxygen atoms in total. The van der Waals surface area contributed by atoms with Gasteiger partial charge in [-0.25, -0.2) is 0 Å². The van der Waals surface area contributed by atoms with Gasteiger partial charge in [0.05, 0.1) is 17.3 Å². The molecule has 1 amide bonds. The number of halogens is 1. The molecule has 0 aliphatic carbocycles. The molecule has 0 radical (unpaired) electrons. The van der Waals surface area contributed by atoms with Crippen LogP contribution in [0.4, 0.5) is 0 Å². The molecule has 1 N–H and O–H groups in total. The largest absolute Gasteiger partial charge is 0.492 e. The Hall–Kier alpha value is -0.980. The number of carbonyl (C=O) groups excluding carboxylic acids is 1. The van der Waals surface area contributed by atoms with Crippen LogP contribution in [0.3, 0.4) is 0 Å². The Bertz CT molecular complexity index is 407. The molecule has 5 heteroatoms. The molecule has 0 bridgehead atoms. The van der Waals surface area contributed by atoms with Gasteiger partial charge >= 0.3 is 0 Å². The Labute approximate surface area is 115 Å². The monoisotopic (exact) mass is 349 g/mol. The number of hydrogen-bond donors (Lipinski definition) is 1. The van der Waals surface area contributed by atoms with E-state index in [-0.39, 0.29) is 5.91 Å². The Morgan fingerprint density at radius 3 is 2.65 bits per heavy atom. The Morgan fingerprint density at radius 1 is 1.41 bits per heavy atom. The minimum Gasteiger partial charge on any atom is -0.492 e. The Balaban J connectivity index is 3.14. The molecule has 17 heavy (non-hydrogen) atoms. The van der Waals surface area contributed by atoms with Crippen molar-refractivity contribution in [2.24, 2.45) is 0 Å². The first kappa shape index (κ1) is 14.1. The van der Waals surface area contributed by atoms with Crippen LogP contribution in [0.5, 0.6) is 11.5 Å². The van der Waals surface area contributed by atoms with Crippen LogP contribution in [0.1, 0.15) is 24.2 Å². The third kappa shape index (κ3) is 3.49. The predicted octanol–water partition coefficient (Wildman–Crippen LogP) is 2.45. The van der Waals surface area contributed by atoms with Gasteiger partial charge in [-0.3, -0.25) is 4.79 Å². The molecule has 0 unspecified atom stereocenters. The minimum atomic E-state index is -0.103. The van der Waals surface area contributed by atoms with E-state index in [9.17, 15) is 4.79 Å². The van der Waals surface area contributed by atoms with E-state index >= 15 is 0 Å². The Morgan fingerprint density at radius 2 is 2.12 bits per heavy atom. The standard InChI is InChI=1S/C12H16INO3/c1-4-14-12(15)8-6-9(13)11(16-3)10(7-8)17-5-2/h6-7H,4-5H2,1-3H3,(H,14,15). The lowest BCUT2D eigenvalue weighted by atomic mass is 10.2. The van der Waals surface area contributed by atoms with E-state index in [1.54, 1.807) is 19.2 Å². The molecule has 0 atom stereocenters. The summed E-state index contributed by atoms with van der Waals surface area (Å²) in [6.45, 7) is 4.91. The molecule has 0 heterocycles. The lowest BCUT2D eigenvalue weighted by molar-refractivity contribution is 0.0955. The van der Waals surface area contributed by atoms with Gasteiger partial charge in [-0.15, -0.1) is 0 Å². The van der Waals surface area contributed by atoms with Crippen LogP contribution >= 0.6 is 22.6 Å². The second kappa shape index (κ2) is 6.68. The highest BCUT2D eigenvalue weighted by Gasteiger charge is 2.14. The van der Waals surface area contributed by atoms with Gasteiger partial charge in [0.25, 0.3) is 5.91 Å². The van der Waals surface area contributed by atoms with E-state index in [2.05, 4.69) is 27.9 Å². The molecule has 1 rings (SSSR count). The van der Waals surface area contributed by atoms with Crippen LogP contribution in [0, 0.1) is 3.57 Å². The average Bonchev–Trinajstić information content (AvgIpc) is 2.29. The molecular formula is C12H16INO3. The zero-order valence-corrected chi connectivity index (χ0v) is 12.3. The molecular weight excluding hydrogens is 333 g/mol. The van der Waals surface area contributed by atoms with Gasteiger partial charge in [0.15, 0.2) is 11.5 Å². The minimum absolute atomic E-state index is 0.103. The van der Waals surface area contributed by atoms with Crippen LogP contribution in [0.25, 0.3) is 0 Å². The van der Waals surface area contributed by atoms with Crippen molar-refractivity contribution < 1.29 is 14.3 Å². The van der Waals surface area contributed by atoms with E-state index in [1.165, 1.54) is 0 Å². The number of amides is 1. The molecule has 0 saturated heterocycles. The van der Waals surface area contributed by atoms with Crippen LogP contribution in [0.15, 0.2) is 12.1 Å². The molecule has 0 aliphatic heterocycles. The van der Waals surface area contributed by atoms with Crippen molar-refractivity contribution in [3.63, 3.8) is 0 Å². The van der Waals surface area contributed by atoms with E-state index in [0.29, 0.717) is 30.2 Å². The summed E-state index contributed by atoms with van der Waals surface area (Å²) in [6, 6.07) is 3.49. The van der Waals surface area contributed by atoms with Crippen molar-refractivity contribution in [2.45, 2.75) is 13.8 Å². The van der Waals surface area contributed by atoms with Gasteiger partial charge in [-0.05, 0) is 48.6 Å². The average molecular weight is 349 g/mol. The molecule has 1 aromatic carbocycles. The predicted molar refractivity (Wildman–Crippen MR) is 74.9 cm³/mol. The number of ether oxygens (including phenoxy) is 2. The van der Waals surface area contributed by atoms with Gasteiger partial charge in [0.1, 0.15) is 0 Å². The summed E-state index contributed by atoms with van der Waals surface area (Å²) in [5.41, 5.74) is 0.584. The first-order valence-electron chi connectivity index (χ1n) is 5.42. The van der Waals surface area contributed by atoms with Gasteiger partial charge in [-0.1, -0.05) is 0 Å². The zero-order chi connectivity index (χ0) is 12.8. The molecule has 1 aromatic rings. The van der Waals surface area contributed by atoms with Crippen molar-refractivity contribution >= 4 is 28.5 Å². The SMILES string of the molecule is CCNC(=O)c1cc(I)c(OC)c(OCC)c1. The highest BCUT2D eigenvalue weighted by Crippen LogP contribution is 2.33. The van der Waals surface area contributed by atoms with Gasteiger partial charge in [0.2, 0.25) is 0 Å². The smallest absolute Gasteiger partial charge is 0.251 e. The molecule has 0 aliphatic rings. The number of hydrogen-bond acceptors (Lipinski definition) is 3. The first-order chi connectivity index (χ1) is 8.13. The van der Waals surface area contributed by atoms with E-state index in [4.69, 9.17) is 9.47 Å². The second-order valence-electron chi connectivity index (χ2n) is 3.28. The molecule has 0 fully saturated rings. The third-order valence-electron chi connectivity index (χ3n) is 2.11. The maximum Gasteiger partial charge on any atom is 0.251 e. The van der Waals surface area contributed by atoms with Crippen LogP contribution < -0.4 is 14.8 Å². The number of rotatable bonds is 5. The van der Waals surface area contributed by atoms with Crippen LogP contribution in [-0.2, 0) is 0 Å². The van der Waals surface area contributed by atoms with E-state index in [1.807, 2.05) is 13.8 Å². The number of benzene rings is 1. The van der Waals surface area contributed by atoms with Crippen molar-refractivity contribution in [1.29, 1.82) is 0 Å². The summed E-state index contributed by atoms with van der Waals surface area (Å²) in [5.74, 6) is 1.16. The number of nitrogens with one attached hydrogen (secondary N) is 1. The summed E-state index contributed by atoms with van der Waals surface area (Å²) >= 11 is 2.13. The third-order valence-corrected chi connectivity index (χ3v) is 2.91. The van der Waals surface area contributed by atoms with E-state index in [0.717, 1.165) is 3.57 Å². The van der Waals surface area contributed by atoms with Crippen molar-refractivity contribution in [3.05, 3.63) is 21.3 Å². The molecule has 0 saturated carbocycles. The summed E-state index contributed by atoms with van der Waals surface area (Å²) in [5, 5.41) is 2.76. The summed E-state index contributed by atoms with van der Waals surface area (Å²) in [4.78, 5) is 11.7. The highest BCUT2D eigenvalue weighted by molar-refractivity contribution is 14.1. The lowest BCUT2D eigenvalue weighted by Gasteiger charge is -2.13. The molecule has 0 spiro atoms. The fourth-order valence-electron chi connectivity index (χ4n) is 1.42. The fraction of sp³-hybridized carbons (Fsp3) is 0.417. The van der Waals surface area contributed by atoms with Crippen LogP contribution in [-0.4, -0.2) is 26.2 Å². The quantitative estimate of drug-likeness (QED) is 0.831. The lowest BCUT2D eigenvalue weighted by Crippen LogP contribution is -2.22. The van der Waals surface area contributed by atoms with Crippen molar-refractivity contribution in [1.82, 2.24) is 5.32 Å². The Kier molecular flexibility index (Phi) is 5.54.